The monoisotopic (exact) mass is 857 g/mol. The maximum atomic E-state index is 12.8. The van der Waals surface area contributed by atoms with Crippen molar-refractivity contribution in [1.82, 2.24) is 0 Å². The second-order valence-electron chi connectivity index (χ2n) is 18.6. The zero-order valence-corrected chi connectivity index (χ0v) is 41.5. The number of hydrogen-bond acceptors (Lipinski definition) is 5. The lowest BCUT2D eigenvalue weighted by atomic mass is 10.0. The summed E-state index contributed by atoms with van der Waals surface area (Å²) >= 11 is 0. The predicted molar refractivity (Wildman–Crippen MR) is 264 cm³/mol. The number of hydrogen-bond donors (Lipinski definition) is 0. The molecule has 1 aromatic rings. The Hall–Kier alpha value is -1.59. The van der Waals surface area contributed by atoms with Gasteiger partial charge in [0.05, 0.1) is 32.5 Å². The molecule has 0 saturated heterocycles. The van der Waals surface area contributed by atoms with Gasteiger partial charge in [-0.15, -0.1) is 0 Å². The maximum Gasteiger partial charge on any atom is 0.337 e. The third-order valence-corrected chi connectivity index (χ3v) is 12.8. The minimum atomic E-state index is -0.335. The van der Waals surface area contributed by atoms with Crippen LogP contribution in [-0.4, -0.2) is 32.9 Å². The van der Waals surface area contributed by atoms with Crippen molar-refractivity contribution in [2.24, 2.45) is 0 Å². The summed E-state index contributed by atoms with van der Waals surface area (Å²) < 4.78 is 24.3. The zero-order valence-electron chi connectivity index (χ0n) is 41.5. The predicted octanol–water partition coefficient (Wildman–Crippen LogP) is 18.5. The molecule has 1 aromatic carbocycles. The van der Waals surface area contributed by atoms with Crippen molar-refractivity contribution >= 4 is 5.97 Å². The van der Waals surface area contributed by atoms with E-state index < -0.39 is 0 Å². The Balaban J connectivity index is 2.55. The molecule has 0 saturated carbocycles. The van der Waals surface area contributed by atoms with Gasteiger partial charge in [-0.3, -0.25) is 0 Å². The van der Waals surface area contributed by atoms with E-state index in [2.05, 4.69) is 20.8 Å². The summed E-state index contributed by atoms with van der Waals surface area (Å²) in [6.07, 6.45) is 53.6. The van der Waals surface area contributed by atoms with Crippen molar-refractivity contribution in [2.45, 2.75) is 291 Å². The fourth-order valence-corrected chi connectivity index (χ4v) is 8.64. The number of benzene rings is 1. The molecule has 0 N–H and O–H groups in total. The maximum absolute atomic E-state index is 12.8. The van der Waals surface area contributed by atoms with E-state index in [1.807, 2.05) is 12.1 Å². The molecule has 0 aliphatic heterocycles. The second-order valence-corrected chi connectivity index (χ2v) is 18.6. The van der Waals surface area contributed by atoms with Crippen LogP contribution in [0, 0.1) is 0 Å². The van der Waals surface area contributed by atoms with Gasteiger partial charge in [0.15, 0.2) is 0 Å². The summed E-state index contributed by atoms with van der Waals surface area (Å²) in [4.78, 5) is 12.8. The first-order chi connectivity index (χ1) is 30.2. The van der Waals surface area contributed by atoms with Crippen LogP contribution in [0.1, 0.15) is 299 Å². The van der Waals surface area contributed by atoms with Crippen molar-refractivity contribution in [3.05, 3.63) is 28.8 Å². The number of ether oxygens (including phenoxy) is 4. The van der Waals surface area contributed by atoms with E-state index >= 15 is 0 Å². The Morgan fingerprint density at radius 2 is 0.672 bits per heavy atom. The van der Waals surface area contributed by atoms with Crippen molar-refractivity contribution in [3.63, 3.8) is 0 Å². The average molecular weight is 857 g/mol. The molecular formula is C56H104O5. The summed E-state index contributed by atoms with van der Waals surface area (Å²) in [7, 11) is 1.45. The van der Waals surface area contributed by atoms with Crippen LogP contribution in [0.4, 0.5) is 0 Å². The molecule has 358 valence electrons. The van der Waals surface area contributed by atoms with Gasteiger partial charge >= 0.3 is 5.97 Å². The van der Waals surface area contributed by atoms with Crippen LogP contribution >= 0.6 is 0 Å². The molecule has 0 aromatic heterocycles. The summed E-state index contributed by atoms with van der Waals surface area (Å²) in [6.45, 7) is 9.93. The van der Waals surface area contributed by atoms with Crippen LogP contribution in [0.25, 0.3) is 0 Å². The molecule has 0 unspecified atom stereocenters. The number of esters is 1. The Labute approximate surface area is 380 Å². The van der Waals surface area contributed by atoms with E-state index in [1.165, 1.54) is 245 Å². The smallest absolute Gasteiger partial charge is 0.337 e. The average Bonchev–Trinajstić information content (AvgIpc) is 3.27. The van der Waals surface area contributed by atoms with Crippen LogP contribution in [0.15, 0.2) is 12.1 Å². The molecule has 0 fully saturated rings. The van der Waals surface area contributed by atoms with E-state index in [9.17, 15) is 4.79 Å². The first-order valence-corrected chi connectivity index (χ1v) is 27.2. The van der Waals surface area contributed by atoms with E-state index in [0.717, 1.165) is 49.4 Å². The van der Waals surface area contributed by atoms with Gasteiger partial charge in [0.2, 0.25) is 0 Å². The molecule has 61 heavy (non-hydrogen) atoms. The lowest BCUT2D eigenvalue weighted by molar-refractivity contribution is 0.0598. The lowest BCUT2D eigenvalue weighted by Crippen LogP contribution is -2.11. The molecule has 0 radical (unpaired) electrons. The summed E-state index contributed by atoms with van der Waals surface area (Å²) in [5.41, 5.74) is 2.54. The van der Waals surface area contributed by atoms with Gasteiger partial charge in [-0.25, -0.2) is 4.79 Å². The highest BCUT2D eigenvalue weighted by atomic mass is 16.5. The molecule has 0 bridgehead atoms. The number of methoxy groups -OCH3 is 1. The first-order valence-electron chi connectivity index (χ1n) is 27.2. The summed E-state index contributed by atoms with van der Waals surface area (Å²) in [5.74, 6) is 0.418. The second kappa shape index (κ2) is 46.4. The van der Waals surface area contributed by atoms with E-state index in [1.54, 1.807) is 0 Å². The van der Waals surface area contributed by atoms with Crippen molar-refractivity contribution in [3.8, 4) is 5.75 Å². The molecule has 5 nitrogen and oxygen atoms in total. The summed E-state index contributed by atoms with van der Waals surface area (Å²) in [5, 5.41) is 0. The van der Waals surface area contributed by atoms with Crippen molar-refractivity contribution in [1.29, 1.82) is 0 Å². The van der Waals surface area contributed by atoms with Gasteiger partial charge in [-0.05, 0) is 37.0 Å². The molecule has 0 aliphatic carbocycles. The van der Waals surface area contributed by atoms with E-state index in [-0.39, 0.29) is 5.97 Å². The standard InChI is InChI=1S/C56H104O5/c1-5-8-11-14-17-20-23-26-29-32-35-38-41-44-47-61-55-49-52(56(57)58-4)48-53(50-59-45-42-39-36-33-30-27-24-21-18-15-12-9-6-2)54(55)51-60-46-43-40-37-34-31-28-25-22-19-16-13-10-7-3/h48-49H,5-47,50-51H2,1-4H3. The van der Waals surface area contributed by atoms with Crippen LogP contribution in [0.2, 0.25) is 0 Å². The molecule has 1 rings (SSSR count). The number of unbranched alkanes of at least 4 members (excludes halogenated alkanes) is 37. The first kappa shape index (κ1) is 57.4. The van der Waals surface area contributed by atoms with Gasteiger partial charge < -0.3 is 18.9 Å². The Bertz CT molecular complexity index is 1000. The van der Waals surface area contributed by atoms with Gasteiger partial charge in [0.1, 0.15) is 5.75 Å². The fourth-order valence-electron chi connectivity index (χ4n) is 8.64. The van der Waals surface area contributed by atoms with Crippen LogP contribution in [0.3, 0.4) is 0 Å². The van der Waals surface area contributed by atoms with E-state index in [4.69, 9.17) is 18.9 Å². The SMILES string of the molecule is CCCCCCCCCCCCCCCCOc1cc(C(=O)OC)cc(COCCCCCCCCCCCCCCC)c1COCCCCCCCCCCCCCCC. The highest BCUT2D eigenvalue weighted by Gasteiger charge is 2.17. The topological polar surface area (TPSA) is 54.0 Å². The minimum absolute atomic E-state index is 0.335. The molecule has 5 heteroatoms. The molecule has 0 aliphatic rings. The van der Waals surface area contributed by atoms with Crippen molar-refractivity contribution in [2.75, 3.05) is 26.9 Å². The fraction of sp³-hybridized carbons (Fsp3) is 0.875. The molecular weight excluding hydrogens is 753 g/mol. The van der Waals surface area contributed by atoms with E-state index in [0.29, 0.717) is 25.4 Å². The Morgan fingerprint density at radius 3 is 1.00 bits per heavy atom. The highest BCUT2D eigenvalue weighted by Crippen LogP contribution is 2.29. The highest BCUT2D eigenvalue weighted by molar-refractivity contribution is 5.90. The Kier molecular flexibility index (Phi) is 43.7. The zero-order chi connectivity index (χ0) is 43.9. The number of rotatable bonds is 49. The van der Waals surface area contributed by atoms with Gasteiger partial charge in [-0.1, -0.05) is 258 Å². The minimum Gasteiger partial charge on any atom is -0.493 e. The Morgan fingerprint density at radius 1 is 0.377 bits per heavy atom. The van der Waals surface area contributed by atoms with Crippen LogP contribution < -0.4 is 4.74 Å². The van der Waals surface area contributed by atoms with Gasteiger partial charge in [-0.2, -0.15) is 0 Å². The molecule has 0 amide bonds. The molecule has 0 atom stereocenters. The number of carbonyl (C=O) groups excluding carboxylic acids is 1. The lowest BCUT2D eigenvalue weighted by Gasteiger charge is -2.18. The molecule has 0 heterocycles. The summed E-state index contributed by atoms with van der Waals surface area (Å²) in [6, 6.07) is 3.81. The normalized spacial score (nSPS) is 11.5. The largest absolute Gasteiger partial charge is 0.493 e. The van der Waals surface area contributed by atoms with Crippen LogP contribution in [0.5, 0.6) is 5.75 Å². The number of carbonyl (C=O) groups is 1. The molecule has 0 spiro atoms. The van der Waals surface area contributed by atoms with Gasteiger partial charge in [0, 0.05) is 18.8 Å². The van der Waals surface area contributed by atoms with Gasteiger partial charge in [0.25, 0.3) is 0 Å². The quantitative estimate of drug-likeness (QED) is 0.0483. The van der Waals surface area contributed by atoms with Crippen molar-refractivity contribution < 1.29 is 23.7 Å². The van der Waals surface area contributed by atoms with Crippen LogP contribution in [-0.2, 0) is 27.4 Å². The third kappa shape index (κ3) is 36.4. The third-order valence-electron chi connectivity index (χ3n) is 12.8.